The van der Waals surface area contributed by atoms with Crippen molar-refractivity contribution in [3.63, 3.8) is 0 Å². The number of nitrogens with one attached hydrogen (secondary N) is 1. The summed E-state index contributed by atoms with van der Waals surface area (Å²) in [6.07, 6.45) is 7.12. The van der Waals surface area contributed by atoms with Crippen LogP contribution in [0.2, 0.25) is 11.5 Å². The molecule has 0 saturated heterocycles. The van der Waals surface area contributed by atoms with E-state index in [1.807, 2.05) is 12.1 Å². The fraction of sp³-hybridized carbons (Fsp3) is 0.467. The van der Waals surface area contributed by atoms with E-state index in [-0.39, 0.29) is 31.4 Å². The third-order valence-electron chi connectivity index (χ3n) is 7.51. The van der Waals surface area contributed by atoms with Crippen molar-refractivity contribution in [2.24, 2.45) is 23.7 Å². The molecule has 0 aromatic heterocycles. The van der Waals surface area contributed by atoms with Crippen LogP contribution in [-0.2, 0) is 25.8 Å². The molecule has 4 fully saturated rings. The van der Waals surface area contributed by atoms with Gasteiger partial charge in [-0.05, 0) is 28.9 Å². The molecule has 2 aromatic rings. The molecule has 0 amide bonds. The van der Waals surface area contributed by atoms with Crippen molar-refractivity contribution in [1.82, 2.24) is 0 Å². The number of hydrogen-bond donors (Lipinski definition) is 0. The first kappa shape index (κ1) is 28.5. The van der Waals surface area contributed by atoms with Gasteiger partial charge in [0.15, 0.2) is 0 Å². The van der Waals surface area contributed by atoms with Gasteiger partial charge in [-0.25, -0.2) is 5.57 Å². The molecule has 0 spiro atoms. The van der Waals surface area contributed by atoms with Gasteiger partial charge in [0, 0.05) is 25.8 Å². The van der Waals surface area contributed by atoms with E-state index in [0.717, 1.165) is 17.8 Å². The van der Waals surface area contributed by atoms with E-state index >= 15 is 0 Å². The van der Waals surface area contributed by atoms with Crippen molar-refractivity contribution in [3.05, 3.63) is 89.2 Å². The Morgan fingerprint density at radius 2 is 1.15 bits per heavy atom. The Hall–Kier alpha value is -0.707. The van der Waals surface area contributed by atoms with Crippen molar-refractivity contribution < 1.29 is 25.8 Å². The Morgan fingerprint density at radius 3 is 1.33 bits per heavy atom. The summed E-state index contributed by atoms with van der Waals surface area (Å²) in [6.45, 7) is 8.67. The van der Waals surface area contributed by atoms with Crippen LogP contribution in [0.25, 0.3) is 16.9 Å². The summed E-state index contributed by atoms with van der Waals surface area (Å²) >= 11 is 0.312. The number of benzene rings is 2. The van der Waals surface area contributed by atoms with Gasteiger partial charge in [0.2, 0.25) is 0 Å². The molecule has 5 aliphatic carbocycles. The van der Waals surface area contributed by atoms with Gasteiger partial charge < -0.3 is 5.73 Å². The van der Waals surface area contributed by atoms with E-state index in [9.17, 15) is 0 Å². The molecular weight excluding hydrogens is 625 g/mol. The summed E-state index contributed by atoms with van der Waals surface area (Å²) in [5.74, 6) is 8.23. The smallest absolute Gasteiger partial charge is 0 e. The molecule has 1 unspecified atom stereocenters. The van der Waals surface area contributed by atoms with Crippen LogP contribution < -0.4 is 0 Å². The molecule has 2 aromatic carbocycles. The van der Waals surface area contributed by atoms with Crippen molar-refractivity contribution in [2.45, 2.75) is 64.0 Å². The molecule has 3 heteroatoms. The standard InChI is InChI=1S/C12H10.C9H13.C7H10N.C2H7Ge.Hf/c1-3-7-11(8-4-1)12-9-5-2-6-10-12;1-6-5-7(2)9(4)8(6)3;8-7-1-4-5(2-7)6(4)3-7;1-3-2;/h1-10H;6H,1-4H3;4-6,8H,1-3H2;3H,1-2H3;/q;2*-1;;. The van der Waals surface area contributed by atoms with Crippen LogP contribution in [0.4, 0.5) is 0 Å². The average Bonchev–Trinajstić information content (AvgIpc) is 3.17. The molecule has 4 saturated carbocycles. The van der Waals surface area contributed by atoms with Crippen molar-refractivity contribution in [3.8, 4) is 11.1 Å². The summed E-state index contributed by atoms with van der Waals surface area (Å²) in [5.41, 5.74) is 14.7. The van der Waals surface area contributed by atoms with E-state index < -0.39 is 0 Å². The molecule has 0 heterocycles. The fourth-order valence-corrected chi connectivity index (χ4v) is 5.46. The molecule has 0 aliphatic heterocycles. The van der Waals surface area contributed by atoms with Gasteiger partial charge >= 0.3 is 26.9 Å². The Morgan fingerprint density at radius 1 is 0.788 bits per heavy atom. The zero-order valence-corrected chi connectivity index (χ0v) is 27.3. The van der Waals surface area contributed by atoms with Gasteiger partial charge in [-0.3, -0.25) is 6.08 Å². The van der Waals surface area contributed by atoms with E-state index in [1.165, 1.54) is 47.1 Å². The Labute approximate surface area is 228 Å². The van der Waals surface area contributed by atoms with E-state index in [4.69, 9.17) is 5.73 Å². The first-order valence-electron chi connectivity index (χ1n) is 12.2. The third kappa shape index (κ3) is 7.39. The largest absolute Gasteiger partial charge is 0.672 e. The molecule has 7 rings (SSSR count). The Kier molecular flexibility index (Phi) is 11.1. The topological polar surface area (TPSA) is 23.8 Å². The van der Waals surface area contributed by atoms with Gasteiger partial charge in [0.1, 0.15) is 0 Å². The first-order chi connectivity index (χ1) is 15.3. The Bertz CT molecular complexity index is 864. The molecule has 175 valence electrons. The molecule has 1 atom stereocenters. The van der Waals surface area contributed by atoms with Crippen LogP contribution in [0.5, 0.6) is 0 Å². The van der Waals surface area contributed by atoms with Crippen LogP contribution in [-0.4, -0.2) is 21.0 Å². The van der Waals surface area contributed by atoms with Crippen molar-refractivity contribution in [1.29, 1.82) is 0 Å². The van der Waals surface area contributed by atoms with Gasteiger partial charge in [0.05, 0.1) is 0 Å². The maximum atomic E-state index is 7.79. The minimum absolute atomic E-state index is 0. The zero-order valence-electron chi connectivity index (χ0n) is 21.3. The van der Waals surface area contributed by atoms with E-state index in [1.54, 1.807) is 0 Å². The molecule has 33 heavy (non-hydrogen) atoms. The van der Waals surface area contributed by atoms with Crippen LogP contribution in [0.1, 0.15) is 47.0 Å². The molecule has 5 aliphatic rings. The summed E-state index contributed by atoms with van der Waals surface area (Å²) in [7, 11) is 0. The average molecular weight is 666 g/mol. The predicted molar refractivity (Wildman–Crippen MR) is 142 cm³/mol. The minimum Gasteiger partial charge on any atom is -0.672 e. The molecule has 4 bridgehead atoms. The molecule has 1 N–H and O–H groups in total. The van der Waals surface area contributed by atoms with Crippen molar-refractivity contribution >= 4 is 15.4 Å². The summed E-state index contributed by atoms with van der Waals surface area (Å²) < 4.78 is 0. The van der Waals surface area contributed by atoms with Crippen LogP contribution in [0, 0.1) is 29.7 Å². The monoisotopic (exact) mass is 668 g/mol. The van der Waals surface area contributed by atoms with Crippen molar-refractivity contribution in [2.75, 3.05) is 0 Å². The summed E-state index contributed by atoms with van der Waals surface area (Å²) in [4.78, 5) is 0. The van der Waals surface area contributed by atoms with Gasteiger partial charge in [0.25, 0.3) is 0 Å². The summed E-state index contributed by atoms with van der Waals surface area (Å²) in [6, 6.07) is 20.8. The second-order valence-corrected chi connectivity index (χ2v) is 12.4. The van der Waals surface area contributed by atoms with Gasteiger partial charge in [-0.2, -0.15) is 11.1 Å². The quantitative estimate of drug-likeness (QED) is 0.216. The predicted octanol–water partition coefficient (Wildman–Crippen LogP) is 8.43. The minimum atomic E-state index is 0. The van der Waals surface area contributed by atoms with Crippen LogP contribution in [0.3, 0.4) is 0 Å². The summed E-state index contributed by atoms with van der Waals surface area (Å²) in [5, 5.41) is 0. The van der Waals surface area contributed by atoms with Gasteiger partial charge in [-0.15, -0.1) is 12.5 Å². The van der Waals surface area contributed by atoms with Crippen LogP contribution >= 0.6 is 0 Å². The normalized spacial score (nSPS) is 29.4. The maximum Gasteiger partial charge on any atom is 0 e. The molecular formula is C30H40GeHfN-2. The number of allylic oxidation sites excluding steroid dienone is 4. The number of rotatable bonds is 1. The SMILES string of the molecule is CC1=[C-]C(C)C(C)=C1C.[CH3][GeH][CH3].[Hf].[NH-]C12CC3C(C1)C3C2.c1ccc(-c2ccccc2)cc1. The van der Waals surface area contributed by atoms with E-state index in [0.29, 0.717) is 21.3 Å². The van der Waals surface area contributed by atoms with Crippen LogP contribution in [0.15, 0.2) is 77.4 Å². The fourth-order valence-electron chi connectivity index (χ4n) is 5.46. The third-order valence-corrected chi connectivity index (χ3v) is 7.51. The molecule has 1 nitrogen and oxygen atoms in total. The maximum absolute atomic E-state index is 7.79. The first-order valence-corrected chi connectivity index (χ1v) is 17.0. The van der Waals surface area contributed by atoms with E-state index in [2.05, 4.69) is 93.8 Å². The second-order valence-electron chi connectivity index (χ2n) is 9.99. The Balaban J connectivity index is 0.000000166. The zero-order chi connectivity index (χ0) is 23.3. The molecule has 1 radical (unpaired) electrons. The van der Waals surface area contributed by atoms with Gasteiger partial charge in [-0.1, -0.05) is 107 Å². The second kappa shape index (κ2) is 12.8. The number of hydrogen-bond acceptors (Lipinski definition) is 0.